The molecule has 1 fully saturated rings. The lowest BCUT2D eigenvalue weighted by molar-refractivity contribution is -0.146. The topological polar surface area (TPSA) is 51.7 Å². The highest BCUT2D eigenvalue weighted by Gasteiger charge is 2.20. The van der Waals surface area contributed by atoms with Crippen molar-refractivity contribution in [2.75, 3.05) is 19.8 Å². The summed E-state index contributed by atoms with van der Waals surface area (Å²) in [7, 11) is 0. The Morgan fingerprint density at radius 3 is 3.15 bits per heavy atom. The lowest BCUT2D eigenvalue weighted by Gasteiger charge is -2.32. The zero-order chi connectivity index (χ0) is 14.5. The monoisotopic (exact) mass is 298 g/mol. The fourth-order valence-electron chi connectivity index (χ4n) is 2.14. The van der Waals surface area contributed by atoms with E-state index in [9.17, 15) is 4.79 Å². The number of rotatable bonds is 5. The van der Waals surface area contributed by atoms with Gasteiger partial charge < -0.3 is 9.47 Å². The van der Waals surface area contributed by atoms with Crippen LogP contribution in [0.3, 0.4) is 0 Å². The molecule has 112 valence electrons. The quantitative estimate of drug-likeness (QED) is 0.777. The number of nitrogens with zero attached hydrogens (tertiary/aromatic N) is 2. The number of aromatic nitrogens is 1. The Morgan fingerprint density at radius 1 is 1.65 bits per heavy atom. The Hall–Kier alpha value is -0.980. The van der Waals surface area contributed by atoms with Gasteiger partial charge in [0.1, 0.15) is 5.01 Å². The molecule has 1 saturated heterocycles. The third kappa shape index (κ3) is 4.54. The second-order valence-electron chi connectivity index (χ2n) is 5.34. The van der Waals surface area contributed by atoms with E-state index < -0.39 is 0 Å². The number of carbonyl (C=O) groups excluding carboxylic acids is 1. The van der Waals surface area contributed by atoms with Crippen molar-refractivity contribution in [1.29, 1.82) is 0 Å². The largest absolute Gasteiger partial charge is 0.463 e. The Morgan fingerprint density at radius 2 is 2.45 bits per heavy atom. The second-order valence-corrected chi connectivity index (χ2v) is 6.29. The van der Waals surface area contributed by atoms with Gasteiger partial charge in [-0.1, -0.05) is 0 Å². The highest BCUT2D eigenvalue weighted by Crippen LogP contribution is 2.16. The van der Waals surface area contributed by atoms with Gasteiger partial charge in [-0.05, 0) is 20.8 Å². The van der Waals surface area contributed by atoms with Crippen molar-refractivity contribution in [3.8, 4) is 0 Å². The van der Waals surface area contributed by atoms with Crippen molar-refractivity contribution in [3.63, 3.8) is 0 Å². The number of hydrogen-bond donors (Lipinski definition) is 0. The van der Waals surface area contributed by atoms with Gasteiger partial charge in [0.15, 0.2) is 0 Å². The molecule has 1 atom stereocenters. The smallest absolute Gasteiger partial charge is 0.312 e. The van der Waals surface area contributed by atoms with E-state index in [4.69, 9.17) is 9.47 Å². The molecule has 1 aliphatic heterocycles. The molecule has 1 unspecified atom stereocenters. The average Bonchev–Trinajstić information content (AvgIpc) is 2.78. The minimum atomic E-state index is -0.208. The zero-order valence-electron chi connectivity index (χ0n) is 12.3. The number of carbonyl (C=O) groups is 1. The average molecular weight is 298 g/mol. The molecular formula is C14H22N2O3S. The van der Waals surface area contributed by atoms with Crippen molar-refractivity contribution in [2.45, 2.75) is 45.9 Å². The van der Waals surface area contributed by atoms with E-state index in [0.717, 1.165) is 37.0 Å². The summed E-state index contributed by atoms with van der Waals surface area (Å²) >= 11 is 1.52. The van der Waals surface area contributed by atoms with Crippen molar-refractivity contribution >= 4 is 17.3 Å². The summed E-state index contributed by atoms with van der Waals surface area (Å²) in [6.07, 6.45) is 0.192. The molecule has 0 N–H and O–H groups in total. The molecule has 0 amide bonds. The molecule has 20 heavy (non-hydrogen) atoms. The van der Waals surface area contributed by atoms with Gasteiger partial charge in [-0.2, -0.15) is 0 Å². The first-order valence-corrected chi connectivity index (χ1v) is 7.87. The standard InChI is InChI=1S/C14H22N2O3S/c1-10(2)19-14(17)6-13-15-12(9-20-13)7-16-4-5-18-8-11(16)3/h9-11H,4-8H2,1-3H3. The van der Waals surface area contributed by atoms with E-state index >= 15 is 0 Å². The van der Waals surface area contributed by atoms with E-state index in [1.165, 1.54) is 11.3 Å². The predicted octanol–water partition coefficient (Wildman–Crippen LogP) is 1.86. The van der Waals surface area contributed by atoms with Gasteiger partial charge in [0.05, 0.1) is 31.4 Å². The van der Waals surface area contributed by atoms with E-state index in [1.54, 1.807) is 0 Å². The Bertz CT molecular complexity index is 447. The molecule has 2 rings (SSSR count). The summed E-state index contributed by atoms with van der Waals surface area (Å²) < 4.78 is 10.6. The molecule has 6 heteroatoms. The van der Waals surface area contributed by atoms with E-state index in [1.807, 2.05) is 19.2 Å². The number of thiazole rings is 1. The van der Waals surface area contributed by atoms with Crippen LogP contribution in [-0.2, 0) is 27.2 Å². The number of morpholine rings is 1. The summed E-state index contributed by atoms with van der Waals surface area (Å²) in [5.41, 5.74) is 1.02. The molecule has 0 aromatic carbocycles. The molecule has 1 aromatic rings. The van der Waals surface area contributed by atoms with Gasteiger partial charge in [-0.15, -0.1) is 11.3 Å². The molecule has 0 radical (unpaired) electrons. The highest BCUT2D eigenvalue weighted by atomic mass is 32.1. The molecule has 2 heterocycles. The lowest BCUT2D eigenvalue weighted by atomic mass is 10.2. The van der Waals surface area contributed by atoms with Crippen LogP contribution in [0.25, 0.3) is 0 Å². The zero-order valence-corrected chi connectivity index (χ0v) is 13.1. The van der Waals surface area contributed by atoms with Crippen LogP contribution in [0, 0.1) is 0 Å². The SMILES string of the molecule is CC(C)OC(=O)Cc1nc(CN2CCOCC2C)cs1. The fraction of sp³-hybridized carbons (Fsp3) is 0.714. The number of ether oxygens (including phenoxy) is 2. The maximum absolute atomic E-state index is 11.6. The lowest BCUT2D eigenvalue weighted by Crippen LogP contribution is -2.42. The summed E-state index contributed by atoms with van der Waals surface area (Å²) in [5, 5.41) is 2.85. The third-order valence-electron chi connectivity index (χ3n) is 3.13. The Balaban J connectivity index is 1.87. The Labute approximate surface area is 123 Å². The first-order valence-electron chi connectivity index (χ1n) is 6.99. The molecule has 0 aliphatic carbocycles. The maximum atomic E-state index is 11.6. The summed E-state index contributed by atoms with van der Waals surface area (Å²) in [4.78, 5) is 18.5. The highest BCUT2D eigenvalue weighted by molar-refractivity contribution is 7.09. The summed E-state index contributed by atoms with van der Waals surface area (Å²) in [6.45, 7) is 9.17. The minimum Gasteiger partial charge on any atom is -0.463 e. The van der Waals surface area contributed by atoms with Crippen LogP contribution in [-0.4, -0.2) is 47.8 Å². The van der Waals surface area contributed by atoms with Crippen LogP contribution in [0.1, 0.15) is 31.5 Å². The normalized spacial score (nSPS) is 20.3. The molecular weight excluding hydrogens is 276 g/mol. The molecule has 1 aliphatic rings. The van der Waals surface area contributed by atoms with Crippen LogP contribution >= 0.6 is 11.3 Å². The van der Waals surface area contributed by atoms with Gasteiger partial charge >= 0.3 is 5.97 Å². The number of esters is 1. The molecule has 0 bridgehead atoms. The van der Waals surface area contributed by atoms with Crippen molar-refractivity contribution in [2.24, 2.45) is 0 Å². The summed E-state index contributed by atoms with van der Waals surface area (Å²) in [6, 6.07) is 0.416. The first-order chi connectivity index (χ1) is 9.54. The van der Waals surface area contributed by atoms with Crippen LogP contribution in [0.4, 0.5) is 0 Å². The van der Waals surface area contributed by atoms with E-state index in [-0.39, 0.29) is 18.5 Å². The summed E-state index contributed by atoms with van der Waals surface area (Å²) in [5.74, 6) is -0.208. The van der Waals surface area contributed by atoms with Crippen LogP contribution < -0.4 is 0 Å². The van der Waals surface area contributed by atoms with Gasteiger partial charge in [0.25, 0.3) is 0 Å². The third-order valence-corrected chi connectivity index (χ3v) is 4.03. The molecule has 0 saturated carbocycles. The van der Waals surface area contributed by atoms with Gasteiger partial charge in [0, 0.05) is 24.5 Å². The second kappa shape index (κ2) is 7.15. The van der Waals surface area contributed by atoms with E-state index in [2.05, 4.69) is 16.8 Å². The van der Waals surface area contributed by atoms with Gasteiger partial charge in [-0.3, -0.25) is 9.69 Å². The van der Waals surface area contributed by atoms with Crippen LogP contribution in [0.5, 0.6) is 0 Å². The molecule has 1 aromatic heterocycles. The van der Waals surface area contributed by atoms with Gasteiger partial charge in [-0.25, -0.2) is 4.98 Å². The maximum Gasteiger partial charge on any atom is 0.312 e. The van der Waals surface area contributed by atoms with Crippen molar-refractivity contribution in [1.82, 2.24) is 9.88 Å². The number of hydrogen-bond acceptors (Lipinski definition) is 6. The first kappa shape index (κ1) is 15.4. The minimum absolute atomic E-state index is 0.0730. The molecule has 5 nitrogen and oxygen atoms in total. The van der Waals surface area contributed by atoms with E-state index in [0.29, 0.717) is 6.04 Å². The van der Waals surface area contributed by atoms with Crippen molar-refractivity contribution in [3.05, 3.63) is 16.1 Å². The van der Waals surface area contributed by atoms with Crippen LogP contribution in [0.2, 0.25) is 0 Å². The Kier molecular flexibility index (Phi) is 5.51. The van der Waals surface area contributed by atoms with Crippen molar-refractivity contribution < 1.29 is 14.3 Å². The van der Waals surface area contributed by atoms with Crippen LogP contribution in [0.15, 0.2) is 5.38 Å². The predicted molar refractivity (Wildman–Crippen MR) is 77.7 cm³/mol. The fourth-order valence-corrected chi connectivity index (χ4v) is 2.91. The van der Waals surface area contributed by atoms with Gasteiger partial charge in [0.2, 0.25) is 0 Å². The molecule has 0 spiro atoms.